The second kappa shape index (κ2) is 8.62. The van der Waals surface area contributed by atoms with Crippen LogP contribution in [0.25, 0.3) is 5.57 Å². The second-order valence-electron chi connectivity index (χ2n) is 8.96. The molecule has 0 bridgehead atoms. The van der Waals surface area contributed by atoms with E-state index in [4.69, 9.17) is 5.10 Å². The Hall–Kier alpha value is -3.01. The molecule has 31 heavy (non-hydrogen) atoms. The fraction of sp³-hybridized carbons (Fsp3) is 0.370. The van der Waals surface area contributed by atoms with Crippen LogP contribution in [0.3, 0.4) is 0 Å². The van der Waals surface area contributed by atoms with E-state index in [1.54, 1.807) is 0 Å². The summed E-state index contributed by atoms with van der Waals surface area (Å²) in [6.45, 7) is 15.0. The predicted molar refractivity (Wildman–Crippen MR) is 129 cm³/mol. The van der Waals surface area contributed by atoms with E-state index in [1.165, 1.54) is 35.1 Å². The van der Waals surface area contributed by atoms with Crippen molar-refractivity contribution in [3.05, 3.63) is 95.2 Å². The summed E-state index contributed by atoms with van der Waals surface area (Å²) >= 11 is 0. The summed E-state index contributed by atoms with van der Waals surface area (Å²) in [6.07, 6.45) is 11.0. The summed E-state index contributed by atoms with van der Waals surface area (Å²) in [5, 5.41) is 8.81. The average Bonchev–Trinajstić information content (AvgIpc) is 3.50. The Morgan fingerprint density at radius 1 is 1.23 bits per heavy atom. The monoisotopic (exact) mass is 414 g/mol. The van der Waals surface area contributed by atoms with Crippen LogP contribution in [0.2, 0.25) is 0 Å². The number of nitrogens with zero attached hydrogens (tertiary/aromatic N) is 3. The molecule has 2 aromatic rings. The maximum Gasteiger partial charge on any atom is 0.0933 e. The third-order valence-electron chi connectivity index (χ3n) is 6.19. The minimum Gasteiger partial charge on any atom is -0.373 e. The molecule has 4 heteroatoms. The minimum absolute atomic E-state index is 0.00762. The van der Waals surface area contributed by atoms with Crippen LogP contribution in [0, 0.1) is 6.92 Å². The van der Waals surface area contributed by atoms with Crippen LogP contribution in [0.4, 0.5) is 0 Å². The number of nitrogens with one attached hydrogen (secondary N) is 1. The summed E-state index contributed by atoms with van der Waals surface area (Å²) < 4.78 is 2.17. The molecule has 1 atom stereocenters. The number of rotatable bonds is 8. The lowest BCUT2D eigenvalue weighted by atomic mass is 9.94. The number of benzene rings is 1. The van der Waals surface area contributed by atoms with Crippen molar-refractivity contribution in [1.29, 1.82) is 0 Å². The van der Waals surface area contributed by atoms with Crippen LogP contribution < -0.4 is 5.32 Å². The average molecular weight is 415 g/mol. The molecule has 1 aromatic carbocycles. The zero-order chi connectivity index (χ0) is 22.1. The molecule has 0 radical (unpaired) electrons. The second-order valence-corrected chi connectivity index (χ2v) is 8.96. The molecular formula is C27H34N4. The molecule has 0 saturated heterocycles. The van der Waals surface area contributed by atoms with E-state index in [-0.39, 0.29) is 6.04 Å². The Morgan fingerprint density at radius 2 is 1.94 bits per heavy atom. The van der Waals surface area contributed by atoms with Crippen molar-refractivity contribution < 1.29 is 0 Å². The normalized spacial score (nSPS) is 17.3. The van der Waals surface area contributed by atoms with Gasteiger partial charge in [0.1, 0.15) is 0 Å². The fourth-order valence-electron chi connectivity index (χ4n) is 4.10. The number of allylic oxidation sites excluding steroid dienone is 3. The van der Waals surface area contributed by atoms with Gasteiger partial charge in [-0.2, -0.15) is 5.10 Å². The van der Waals surface area contributed by atoms with Crippen molar-refractivity contribution in [2.75, 3.05) is 7.05 Å². The molecule has 1 unspecified atom stereocenters. The van der Waals surface area contributed by atoms with E-state index in [0.29, 0.717) is 6.04 Å². The number of hydrogen-bond acceptors (Lipinski definition) is 3. The van der Waals surface area contributed by atoms with Crippen molar-refractivity contribution in [3.8, 4) is 0 Å². The van der Waals surface area contributed by atoms with Gasteiger partial charge in [0.15, 0.2) is 0 Å². The van der Waals surface area contributed by atoms with E-state index >= 15 is 0 Å². The SMILES string of the molecule is C=C(CCC)c1nn(C2CC2)cc1C(NC1=CN(C)C(=C)C(C)=C1)c1ccc(C)cc1. The van der Waals surface area contributed by atoms with E-state index in [2.05, 4.69) is 91.6 Å². The molecule has 0 amide bonds. The first-order valence-electron chi connectivity index (χ1n) is 11.3. The van der Waals surface area contributed by atoms with Crippen LogP contribution >= 0.6 is 0 Å². The van der Waals surface area contributed by atoms with E-state index in [9.17, 15) is 0 Å². The van der Waals surface area contributed by atoms with Gasteiger partial charge in [0.05, 0.1) is 23.5 Å². The zero-order valence-corrected chi connectivity index (χ0v) is 19.3. The zero-order valence-electron chi connectivity index (χ0n) is 19.3. The molecule has 4 nitrogen and oxygen atoms in total. The summed E-state index contributed by atoms with van der Waals surface area (Å²) in [7, 11) is 2.04. The highest BCUT2D eigenvalue weighted by Crippen LogP contribution is 2.38. The number of likely N-dealkylation sites (N-methyl/N-ethyl adjacent to an activating group) is 1. The van der Waals surface area contributed by atoms with Gasteiger partial charge in [0, 0.05) is 30.7 Å². The van der Waals surface area contributed by atoms with Gasteiger partial charge in [-0.05, 0) is 55.9 Å². The molecule has 1 aliphatic carbocycles. The van der Waals surface area contributed by atoms with Gasteiger partial charge < -0.3 is 10.2 Å². The quantitative estimate of drug-likeness (QED) is 0.553. The van der Waals surface area contributed by atoms with Crippen molar-refractivity contribution in [3.63, 3.8) is 0 Å². The molecule has 4 rings (SSSR count). The molecule has 1 aromatic heterocycles. The van der Waals surface area contributed by atoms with Crippen LogP contribution in [-0.2, 0) is 0 Å². The first-order chi connectivity index (χ1) is 14.9. The minimum atomic E-state index is -0.00762. The highest BCUT2D eigenvalue weighted by atomic mass is 15.3. The van der Waals surface area contributed by atoms with Crippen LogP contribution in [0.5, 0.6) is 0 Å². The Kier molecular flexibility index (Phi) is 5.90. The van der Waals surface area contributed by atoms with Crippen LogP contribution in [0.15, 0.2) is 72.9 Å². The first-order valence-corrected chi connectivity index (χ1v) is 11.3. The smallest absolute Gasteiger partial charge is 0.0933 e. The third kappa shape index (κ3) is 4.53. The molecule has 0 spiro atoms. The Balaban J connectivity index is 1.78. The molecule has 1 fully saturated rings. The van der Waals surface area contributed by atoms with Gasteiger partial charge in [-0.3, -0.25) is 4.68 Å². The molecule has 2 aliphatic rings. The van der Waals surface area contributed by atoms with Gasteiger partial charge >= 0.3 is 0 Å². The summed E-state index contributed by atoms with van der Waals surface area (Å²) in [5.41, 5.74) is 9.11. The standard InChI is InChI=1S/C27H34N4/c1-7-8-19(3)26-25(17-31(29-26)24-13-14-24)27(22-11-9-18(2)10-12-22)28-23-15-20(4)21(5)30(6)16-23/h9-12,15-17,24,27-28H,3,5,7-8,13-14H2,1-2,4,6H3. The highest BCUT2D eigenvalue weighted by Gasteiger charge is 2.29. The predicted octanol–water partition coefficient (Wildman–Crippen LogP) is 6.27. The molecule has 1 saturated carbocycles. The third-order valence-corrected chi connectivity index (χ3v) is 6.19. The Bertz CT molecular complexity index is 1050. The molecule has 1 aliphatic heterocycles. The van der Waals surface area contributed by atoms with Gasteiger partial charge in [0.25, 0.3) is 0 Å². The number of aromatic nitrogens is 2. The summed E-state index contributed by atoms with van der Waals surface area (Å²) in [4.78, 5) is 2.08. The lowest BCUT2D eigenvalue weighted by molar-refractivity contribution is 0.553. The van der Waals surface area contributed by atoms with Crippen molar-refractivity contribution in [1.82, 2.24) is 20.0 Å². The molecular weight excluding hydrogens is 380 g/mol. The van der Waals surface area contributed by atoms with E-state index in [0.717, 1.165) is 35.5 Å². The van der Waals surface area contributed by atoms with E-state index < -0.39 is 0 Å². The Labute approximate surface area is 186 Å². The largest absolute Gasteiger partial charge is 0.373 e. The highest BCUT2D eigenvalue weighted by molar-refractivity contribution is 5.64. The van der Waals surface area contributed by atoms with Crippen molar-refractivity contribution in [2.24, 2.45) is 0 Å². The maximum absolute atomic E-state index is 5.01. The Morgan fingerprint density at radius 3 is 2.55 bits per heavy atom. The van der Waals surface area contributed by atoms with Gasteiger partial charge in [-0.25, -0.2) is 0 Å². The number of hydrogen-bond donors (Lipinski definition) is 1. The molecule has 2 heterocycles. The van der Waals surface area contributed by atoms with Crippen molar-refractivity contribution >= 4 is 5.57 Å². The first kappa shape index (κ1) is 21.2. The van der Waals surface area contributed by atoms with Gasteiger partial charge in [0.2, 0.25) is 0 Å². The van der Waals surface area contributed by atoms with E-state index in [1.807, 2.05) is 7.05 Å². The lowest BCUT2D eigenvalue weighted by Gasteiger charge is -2.28. The van der Waals surface area contributed by atoms with Crippen LogP contribution in [-0.4, -0.2) is 21.7 Å². The molecule has 162 valence electrons. The fourth-order valence-corrected chi connectivity index (χ4v) is 4.10. The summed E-state index contributed by atoms with van der Waals surface area (Å²) in [5.74, 6) is 0. The molecule has 1 N–H and O–H groups in total. The topological polar surface area (TPSA) is 33.1 Å². The maximum atomic E-state index is 5.01. The van der Waals surface area contributed by atoms with Crippen molar-refractivity contribution in [2.45, 2.75) is 58.5 Å². The van der Waals surface area contributed by atoms with Gasteiger partial charge in [-0.15, -0.1) is 0 Å². The summed E-state index contributed by atoms with van der Waals surface area (Å²) in [6, 6.07) is 9.32. The lowest BCUT2D eigenvalue weighted by Crippen LogP contribution is -2.26. The van der Waals surface area contributed by atoms with Crippen LogP contribution in [0.1, 0.15) is 74.0 Å². The number of aryl methyl sites for hydroxylation is 1. The van der Waals surface area contributed by atoms with Gasteiger partial charge in [-0.1, -0.05) is 56.3 Å².